The maximum absolute atomic E-state index is 12.6. The lowest BCUT2D eigenvalue weighted by molar-refractivity contribution is 0.0960. The zero-order valence-electron chi connectivity index (χ0n) is 17.0. The van der Waals surface area contributed by atoms with E-state index >= 15 is 0 Å². The topological polar surface area (TPSA) is 119 Å². The molecule has 6 rings (SSSR count). The molecule has 0 spiro atoms. The Bertz CT molecular complexity index is 1480. The van der Waals surface area contributed by atoms with Crippen LogP contribution in [0.3, 0.4) is 0 Å². The fourth-order valence-electron chi connectivity index (χ4n) is 4.53. The Morgan fingerprint density at radius 2 is 1.91 bits per heavy atom. The number of hydrogen-bond acceptors (Lipinski definition) is 5. The Balaban J connectivity index is 1.34. The minimum atomic E-state index is -0.330. The first kappa shape index (κ1) is 18.6. The molecule has 0 radical (unpaired) electrons. The first-order valence-corrected chi connectivity index (χ1v) is 10.4. The molecule has 8 nitrogen and oxygen atoms in total. The molecule has 1 amide bonds. The molecule has 1 atom stereocenters. The van der Waals surface area contributed by atoms with Gasteiger partial charge in [0.1, 0.15) is 11.3 Å². The predicted octanol–water partition coefficient (Wildman–Crippen LogP) is 3.27. The van der Waals surface area contributed by atoms with Gasteiger partial charge in [-0.3, -0.25) is 9.89 Å². The second-order valence-electron chi connectivity index (χ2n) is 8.01. The average molecular weight is 424 g/mol. The Morgan fingerprint density at radius 1 is 1.00 bits per heavy atom. The summed E-state index contributed by atoms with van der Waals surface area (Å²) in [5, 5.41) is 28.4. The summed E-state index contributed by atoms with van der Waals surface area (Å²) in [5.41, 5.74) is 7.24. The fourth-order valence-corrected chi connectivity index (χ4v) is 4.53. The molecule has 0 fully saturated rings. The average Bonchev–Trinajstić information content (AvgIpc) is 3.48. The van der Waals surface area contributed by atoms with Gasteiger partial charge in [0.25, 0.3) is 5.91 Å². The third-order valence-electron chi connectivity index (χ3n) is 6.00. The van der Waals surface area contributed by atoms with Crippen molar-refractivity contribution < 1.29 is 9.90 Å². The predicted molar refractivity (Wildman–Crippen MR) is 120 cm³/mol. The van der Waals surface area contributed by atoms with Crippen LogP contribution in [0.15, 0.2) is 60.7 Å². The molecule has 158 valence electrons. The number of amides is 1. The van der Waals surface area contributed by atoms with Gasteiger partial charge >= 0.3 is 0 Å². The van der Waals surface area contributed by atoms with Crippen molar-refractivity contribution in [2.75, 3.05) is 0 Å². The van der Waals surface area contributed by atoms with Crippen molar-refractivity contribution in [3.8, 4) is 5.75 Å². The van der Waals surface area contributed by atoms with E-state index in [1.54, 1.807) is 18.2 Å². The van der Waals surface area contributed by atoms with Crippen LogP contribution >= 0.6 is 0 Å². The summed E-state index contributed by atoms with van der Waals surface area (Å²) in [6.07, 6.45) is 0. The lowest BCUT2D eigenvalue weighted by atomic mass is 9.95. The number of rotatable bonds is 5. The van der Waals surface area contributed by atoms with Crippen molar-refractivity contribution in [2.24, 2.45) is 0 Å². The third kappa shape index (κ3) is 3.00. The highest BCUT2D eigenvalue weighted by Crippen LogP contribution is 2.38. The minimum absolute atomic E-state index is 0.130. The van der Waals surface area contributed by atoms with E-state index in [2.05, 4.69) is 37.1 Å². The first-order valence-electron chi connectivity index (χ1n) is 10.4. The molecule has 1 aliphatic heterocycles. The number of hydrogen-bond donors (Lipinski definition) is 5. The van der Waals surface area contributed by atoms with Gasteiger partial charge in [0.15, 0.2) is 0 Å². The first-order chi connectivity index (χ1) is 15.7. The summed E-state index contributed by atoms with van der Waals surface area (Å²) in [6, 6.07) is 18.6. The molecule has 1 aliphatic rings. The van der Waals surface area contributed by atoms with Gasteiger partial charge in [-0.2, -0.15) is 0 Å². The quantitative estimate of drug-likeness (QED) is 0.297. The van der Waals surface area contributed by atoms with Crippen LogP contribution in [-0.2, 0) is 13.1 Å². The van der Waals surface area contributed by atoms with Crippen molar-refractivity contribution in [2.45, 2.75) is 19.1 Å². The number of carbonyl (C=O) groups is 1. The van der Waals surface area contributed by atoms with Crippen LogP contribution in [0, 0.1) is 0 Å². The molecule has 0 saturated carbocycles. The molecule has 3 aromatic carbocycles. The molecule has 5 N–H and O–H groups in total. The maximum atomic E-state index is 12.6. The highest BCUT2D eigenvalue weighted by molar-refractivity contribution is 6.01. The van der Waals surface area contributed by atoms with Crippen LogP contribution in [0.25, 0.3) is 21.9 Å². The SMILES string of the molecule is O=C1NC(c2c(CNCc3ccc4[nH]nnc4c3)[nH]c3ccccc23)c2cc(O)ccc21. The van der Waals surface area contributed by atoms with Crippen LogP contribution in [0.4, 0.5) is 0 Å². The number of carbonyl (C=O) groups excluding carboxylic acids is 1. The Morgan fingerprint density at radius 3 is 2.84 bits per heavy atom. The Labute approximate surface area is 182 Å². The molecule has 3 heterocycles. The standard InChI is InChI=1S/C24H20N6O2/c31-14-6-7-15-17(10-14)23(27-24(15)32)22-16-3-1-2-4-18(16)26-21(22)12-25-11-13-5-8-19-20(9-13)29-30-28-19/h1-10,23,25-26,31H,11-12H2,(H,27,32)(H,28,29,30). The minimum Gasteiger partial charge on any atom is -0.508 e. The summed E-state index contributed by atoms with van der Waals surface area (Å²) in [4.78, 5) is 16.1. The van der Waals surface area contributed by atoms with Crippen molar-refractivity contribution in [3.63, 3.8) is 0 Å². The Hall–Kier alpha value is -4.17. The van der Waals surface area contributed by atoms with E-state index in [4.69, 9.17) is 0 Å². The molecule has 1 unspecified atom stereocenters. The van der Waals surface area contributed by atoms with Gasteiger partial charge in [-0.25, -0.2) is 0 Å². The van der Waals surface area contributed by atoms with Gasteiger partial charge in [-0.1, -0.05) is 29.5 Å². The van der Waals surface area contributed by atoms with Crippen molar-refractivity contribution >= 4 is 27.8 Å². The monoisotopic (exact) mass is 424 g/mol. The van der Waals surface area contributed by atoms with E-state index < -0.39 is 0 Å². The van der Waals surface area contributed by atoms with Gasteiger partial charge in [-0.15, -0.1) is 5.10 Å². The smallest absolute Gasteiger partial charge is 0.252 e. The normalized spacial score (nSPS) is 15.4. The number of benzene rings is 3. The summed E-state index contributed by atoms with van der Waals surface area (Å²) in [6.45, 7) is 1.24. The number of nitrogens with one attached hydrogen (secondary N) is 4. The summed E-state index contributed by atoms with van der Waals surface area (Å²) in [5.74, 6) is 0.0168. The number of para-hydroxylation sites is 1. The van der Waals surface area contributed by atoms with E-state index in [-0.39, 0.29) is 17.7 Å². The second kappa shape index (κ2) is 7.21. The third-order valence-corrected chi connectivity index (χ3v) is 6.00. The number of fused-ring (bicyclic) bond motifs is 3. The number of aromatic amines is 2. The summed E-state index contributed by atoms with van der Waals surface area (Å²) in [7, 11) is 0. The van der Waals surface area contributed by atoms with Crippen molar-refractivity contribution in [1.29, 1.82) is 0 Å². The van der Waals surface area contributed by atoms with Gasteiger partial charge in [0.05, 0.1) is 11.6 Å². The van der Waals surface area contributed by atoms with Crippen LogP contribution in [-0.4, -0.2) is 31.4 Å². The van der Waals surface area contributed by atoms with Gasteiger partial charge in [0, 0.05) is 40.8 Å². The highest BCUT2D eigenvalue weighted by Gasteiger charge is 2.33. The molecule has 5 aromatic rings. The van der Waals surface area contributed by atoms with Crippen LogP contribution in [0.5, 0.6) is 5.75 Å². The molecular formula is C24H20N6O2. The molecule has 0 aliphatic carbocycles. The lowest BCUT2D eigenvalue weighted by Crippen LogP contribution is -2.22. The van der Waals surface area contributed by atoms with E-state index in [9.17, 15) is 9.90 Å². The zero-order valence-corrected chi connectivity index (χ0v) is 17.0. The number of phenolic OH excluding ortho intramolecular Hbond substituents is 1. The summed E-state index contributed by atoms with van der Waals surface area (Å²) >= 11 is 0. The number of aromatic hydroxyl groups is 1. The lowest BCUT2D eigenvalue weighted by Gasteiger charge is -2.15. The molecule has 2 aromatic heterocycles. The van der Waals surface area contributed by atoms with Crippen molar-refractivity contribution in [1.82, 2.24) is 31.0 Å². The van der Waals surface area contributed by atoms with Crippen LogP contribution in [0.1, 0.15) is 38.8 Å². The van der Waals surface area contributed by atoms with E-state index in [1.165, 1.54) is 0 Å². The number of H-pyrrole nitrogens is 2. The molecule has 8 heteroatoms. The summed E-state index contributed by atoms with van der Waals surface area (Å²) < 4.78 is 0. The van der Waals surface area contributed by atoms with Crippen LogP contribution < -0.4 is 10.6 Å². The fraction of sp³-hybridized carbons (Fsp3) is 0.125. The largest absolute Gasteiger partial charge is 0.508 e. The molecule has 32 heavy (non-hydrogen) atoms. The molecular weight excluding hydrogens is 404 g/mol. The van der Waals surface area contributed by atoms with Crippen molar-refractivity contribution in [3.05, 3.63) is 88.6 Å². The van der Waals surface area contributed by atoms with E-state index in [1.807, 2.05) is 36.4 Å². The zero-order chi connectivity index (χ0) is 21.7. The van der Waals surface area contributed by atoms with E-state index in [0.717, 1.165) is 44.3 Å². The van der Waals surface area contributed by atoms with Crippen LogP contribution in [0.2, 0.25) is 0 Å². The van der Waals surface area contributed by atoms with E-state index in [0.29, 0.717) is 18.7 Å². The van der Waals surface area contributed by atoms with Gasteiger partial charge in [-0.05, 0) is 47.5 Å². The number of nitrogens with zero attached hydrogens (tertiary/aromatic N) is 2. The Kier molecular flexibility index (Phi) is 4.19. The highest BCUT2D eigenvalue weighted by atomic mass is 16.3. The second-order valence-corrected chi connectivity index (χ2v) is 8.01. The molecule has 0 saturated heterocycles. The number of phenols is 1. The maximum Gasteiger partial charge on any atom is 0.252 e. The number of aromatic nitrogens is 4. The van der Waals surface area contributed by atoms with Gasteiger partial charge in [0.2, 0.25) is 0 Å². The molecule has 0 bridgehead atoms. The van der Waals surface area contributed by atoms with Gasteiger partial charge < -0.3 is 20.7 Å².